The highest BCUT2D eigenvalue weighted by atomic mass is 16.6. The number of ether oxygens (including phenoxy) is 2. The van der Waals surface area contributed by atoms with Crippen LogP contribution in [0.4, 0.5) is 0 Å². The first kappa shape index (κ1) is 29.0. The minimum absolute atomic E-state index is 0.380. The lowest BCUT2D eigenvalue weighted by molar-refractivity contribution is -0.148. The summed E-state index contributed by atoms with van der Waals surface area (Å²) in [5, 5.41) is 1.12. The number of fused-ring (bicyclic) bond motifs is 1. The van der Waals surface area contributed by atoms with Crippen LogP contribution >= 0.6 is 0 Å². The van der Waals surface area contributed by atoms with Crippen molar-refractivity contribution in [1.29, 1.82) is 0 Å². The van der Waals surface area contributed by atoms with Gasteiger partial charge in [-0.2, -0.15) is 0 Å². The molecular formula is C40H36O4. The molecule has 0 saturated heterocycles. The van der Waals surface area contributed by atoms with Gasteiger partial charge in [0.25, 0.3) is 0 Å². The maximum atomic E-state index is 12.7. The summed E-state index contributed by atoms with van der Waals surface area (Å²) in [6, 6.07) is 43.5. The number of hydrogen-bond donors (Lipinski definition) is 0. The van der Waals surface area contributed by atoms with Crippen LogP contribution in [0.15, 0.2) is 132 Å². The molecule has 0 spiro atoms. The van der Waals surface area contributed by atoms with Gasteiger partial charge in [-0.15, -0.1) is 0 Å². The molecule has 1 heterocycles. The summed E-state index contributed by atoms with van der Waals surface area (Å²) in [5.41, 5.74) is 8.69. The predicted molar refractivity (Wildman–Crippen MR) is 177 cm³/mol. The topological polar surface area (TPSA) is 48.7 Å². The van der Waals surface area contributed by atoms with Crippen LogP contribution in [0.25, 0.3) is 33.2 Å². The van der Waals surface area contributed by atoms with Crippen molar-refractivity contribution in [3.63, 3.8) is 0 Å². The number of esters is 1. The van der Waals surface area contributed by atoms with E-state index in [4.69, 9.17) is 13.9 Å². The fourth-order valence-corrected chi connectivity index (χ4v) is 5.77. The second-order valence-electron chi connectivity index (χ2n) is 11.0. The zero-order chi connectivity index (χ0) is 30.3. The molecule has 6 aromatic rings. The Labute approximate surface area is 258 Å². The molecule has 6 rings (SSSR count). The standard InChI is InChI=1S/C40H36O4/c1-3-12-33-27-32(23-24-35(33)43-38(40(41)42-2)26-29-15-8-5-9-16-29)30-19-21-31(22-20-30)39-34-17-10-11-18-36(34)44-37(39)25-28-13-6-4-7-14-28/h4-11,13-24,27,38H,3,12,25-26H2,1-2H3/t38-/m0/s1. The maximum absolute atomic E-state index is 12.7. The van der Waals surface area contributed by atoms with Gasteiger partial charge >= 0.3 is 5.97 Å². The Balaban J connectivity index is 1.29. The van der Waals surface area contributed by atoms with E-state index >= 15 is 0 Å². The van der Waals surface area contributed by atoms with Crippen molar-refractivity contribution in [2.45, 2.75) is 38.7 Å². The van der Waals surface area contributed by atoms with Crippen molar-refractivity contribution in [3.8, 4) is 28.0 Å². The molecule has 0 fully saturated rings. The Morgan fingerprint density at radius 2 is 1.36 bits per heavy atom. The molecule has 0 radical (unpaired) electrons. The fraction of sp³-hybridized carbons (Fsp3) is 0.175. The molecule has 1 aromatic heterocycles. The van der Waals surface area contributed by atoms with E-state index in [0.717, 1.165) is 69.4 Å². The van der Waals surface area contributed by atoms with E-state index in [1.165, 1.54) is 12.7 Å². The van der Waals surface area contributed by atoms with E-state index < -0.39 is 6.10 Å². The first-order valence-corrected chi connectivity index (χ1v) is 15.2. The van der Waals surface area contributed by atoms with E-state index in [-0.39, 0.29) is 5.97 Å². The predicted octanol–water partition coefficient (Wildman–Crippen LogP) is 9.47. The van der Waals surface area contributed by atoms with E-state index in [9.17, 15) is 4.79 Å². The largest absolute Gasteiger partial charge is 0.478 e. The number of carbonyl (C=O) groups excluding carboxylic acids is 1. The first-order valence-electron chi connectivity index (χ1n) is 15.2. The summed E-state index contributed by atoms with van der Waals surface area (Å²) in [5.74, 6) is 1.30. The van der Waals surface area contributed by atoms with Crippen LogP contribution < -0.4 is 4.74 Å². The summed E-state index contributed by atoms with van der Waals surface area (Å²) in [6.45, 7) is 2.15. The second-order valence-corrected chi connectivity index (χ2v) is 11.0. The lowest BCUT2D eigenvalue weighted by Gasteiger charge is -2.20. The number of benzene rings is 5. The highest BCUT2D eigenvalue weighted by Crippen LogP contribution is 2.37. The van der Waals surface area contributed by atoms with Crippen LogP contribution in [0, 0.1) is 0 Å². The van der Waals surface area contributed by atoms with Crippen LogP contribution in [0.2, 0.25) is 0 Å². The van der Waals surface area contributed by atoms with Crippen LogP contribution in [-0.4, -0.2) is 19.2 Å². The number of rotatable bonds is 11. The highest BCUT2D eigenvalue weighted by molar-refractivity contribution is 5.96. The van der Waals surface area contributed by atoms with Gasteiger partial charge in [-0.05, 0) is 58.0 Å². The van der Waals surface area contributed by atoms with Crippen LogP contribution in [0.3, 0.4) is 0 Å². The summed E-state index contributed by atoms with van der Waals surface area (Å²) < 4.78 is 17.8. The Morgan fingerprint density at radius 1 is 0.727 bits per heavy atom. The van der Waals surface area contributed by atoms with Crippen molar-refractivity contribution in [3.05, 3.63) is 150 Å². The Bertz CT molecular complexity index is 1840. The molecule has 5 aromatic carbocycles. The molecule has 0 N–H and O–H groups in total. The summed E-state index contributed by atoms with van der Waals surface area (Å²) in [4.78, 5) is 12.7. The monoisotopic (exact) mass is 580 g/mol. The fourth-order valence-electron chi connectivity index (χ4n) is 5.77. The molecule has 0 bridgehead atoms. The van der Waals surface area contributed by atoms with Gasteiger partial charge < -0.3 is 13.9 Å². The summed E-state index contributed by atoms with van der Waals surface area (Å²) in [7, 11) is 1.40. The number of para-hydroxylation sites is 1. The van der Waals surface area contributed by atoms with Crippen LogP contribution in [-0.2, 0) is 28.8 Å². The van der Waals surface area contributed by atoms with Crippen LogP contribution in [0.5, 0.6) is 5.75 Å². The first-order chi connectivity index (χ1) is 21.6. The number of carbonyl (C=O) groups is 1. The smallest absolute Gasteiger partial charge is 0.347 e. The zero-order valence-electron chi connectivity index (χ0n) is 25.2. The molecule has 220 valence electrons. The van der Waals surface area contributed by atoms with Crippen molar-refractivity contribution in [2.24, 2.45) is 0 Å². The third-order valence-corrected chi connectivity index (χ3v) is 7.96. The molecule has 0 amide bonds. The SMILES string of the molecule is CCCc1cc(-c2ccc(-c3c(Cc4ccccc4)oc4ccccc34)cc2)ccc1O[C@@H](Cc1ccccc1)C(=O)OC. The van der Waals surface area contributed by atoms with Crippen LogP contribution in [0.1, 0.15) is 35.8 Å². The third-order valence-electron chi connectivity index (χ3n) is 7.96. The van der Waals surface area contributed by atoms with Crippen molar-refractivity contribution in [1.82, 2.24) is 0 Å². The minimum Gasteiger partial charge on any atom is -0.478 e. The van der Waals surface area contributed by atoms with Gasteiger partial charge in [0, 0.05) is 23.8 Å². The molecule has 0 aliphatic carbocycles. The Hall–Kier alpha value is -5.09. The normalized spacial score (nSPS) is 11.8. The number of methoxy groups -OCH3 is 1. The van der Waals surface area contributed by atoms with Gasteiger partial charge in [0.05, 0.1) is 7.11 Å². The average molecular weight is 581 g/mol. The highest BCUT2D eigenvalue weighted by Gasteiger charge is 2.23. The van der Waals surface area contributed by atoms with Gasteiger partial charge in [-0.25, -0.2) is 4.79 Å². The number of aryl methyl sites for hydroxylation is 1. The third kappa shape index (κ3) is 6.45. The number of hydrogen-bond acceptors (Lipinski definition) is 4. The molecular weight excluding hydrogens is 544 g/mol. The molecule has 0 saturated carbocycles. The molecule has 0 unspecified atom stereocenters. The van der Waals surface area contributed by atoms with E-state index in [1.54, 1.807) is 0 Å². The number of furan rings is 1. The van der Waals surface area contributed by atoms with E-state index in [1.807, 2.05) is 54.6 Å². The summed E-state index contributed by atoms with van der Waals surface area (Å²) >= 11 is 0. The maximum Gasteiger partial charge on any atom is 0.347 e. The Morgan fingerprint density at radius 3 is 2.07 bits per heavy atom. The molecule has 0 aliphatic rings. The Kier molecular flexibility index (Phi) is 8.88. The van der Waals surface area contributed by atoms with E-state index in [2.05, 4.69) is 79.7 Å². The summed E-state index contributed by atoms with van der Waals surface area (Å²) in [6.07, 6.45) is 2.24. The molecule has 1 atom stereocenters. The molecule has 0 aliphatic heterocycles. The molecule has 44 heavy (non-hydrogen) atoms. The van der Waals surface area contributed by atoms with Gasteiger partial charge in [-0.1, -0.05) is 123 Å². The van der Waals surface area contributed by atoms with Gasteiger partial charge in [0.15, 0.2) is 6.10 Å². The van der Waals surface area contributed by atoms with Gasteiger partial charge in [0.1, 0.15) is 17.1 Å². The molecule has 4 heteroatoms. The van der Waals surface area contributed by atoms with Crippen molar-refractivity contribution < 1.29 is 18.7 Å². The zero-order valence-corrected chi connectivity index (χ0v) is 25.2. The minimum atomic E-state index is -0.724. The lowest BCUT2D eigenvalue weighted by atomic mass is 9.95. The lowest BCUT2D eigenvalue weighted by Crippen LogP contribution is -2.31. The molecule has 4 nitrogen and oxygen atoms in total. The second kappa shape index (κ2) is 13.5. The van der Waals surface area contributed by atoms with Crippen molar-refractivity contribution >= 4 is 16.9 Å². The average Bonchev–Trinajstić information content (AvgIpc) is 3.43. The van der Waals surface area contributed by atoms with Gasteiger partial charge in [0.2, 0.25) is 0 Å². The van der Waals surface area contributed by atoms with Crippen molar-refractivity contribution in [2.75, 3.05) is 7.11 Å². The van der Waals surface area contributed by atoms with Gasteiger partial charge in [-0.3, -0.25) is 0 Å². The van der Waals surface area contributed by atoms with E-state index in [0.29, 0.717) is 12.2 Å². The quantitative estimate of drug-likeness (QED) is 0.143.